The van der Waals surface area contributed by atoms with Crippen LogP contribution in [-0.4, -0.2) is 30.6 Å². The molecule has 2 rings (SSSR count). The van der Waals surface area contributed by atoms with Gasteiger partial charge < -0.3 is 14.4 Å². The number of benzene rings is 2. The van der Waals surface area contributed by atoms with Crippen molar-refractivity contribution in [2.45, 2.75) is 39.5 Å². The summed E-state index contributed by atoms with van der Waals surface area (Å²) >= 11 is 0. The van der Waals surface area contributed by atoms with E-state index in [4.69, 9.17) is 4.74 Å². The van der Waals surface area contributed by atoms with Crippen LogP contribution in [0, 0.1) is 0 Å². The predicted molar refractivity (Wildman–Crippen MR) is 95.7 cm³/mol. The highest BCUT2D eigenvalue weighted by atomic mass is 19.3. The molecule has 1 amide bonds. The van der Waals surface area contributed by atoms with Gasteiger partial charge in [-0.2, -0.15) is 8.78 Å². The molecule has 0 aliphatic carbocycles. The van der Waals surface area contributed by atoms with E-state index in [0.717, 1.165) is 12.0 Å². The fourth-order valence-corrected chi connectivity index (χ4v) is 2.64. The monoisotopic (exact) mass is 363 g/mol. The van der Waals surface area contributed by atoms with E-state index >= 15 is 0 Å². The number of nitrogens with zero attached hydrogens (tertiary/aromatic N) is 1. The number of carbonyl (C=O) groups excluding carboxylic acids is 1. The third kappa shape index (κ3) is 4.71. The van der Waals surface area contributed by atoms with Gasteiger partial charge in [0.05, 0.1) is 12.7 Å². The fourth-order valence-electron chi connectivity index (χ4n) is 2.64. The standard InChI is InChI=1S/C20H23F2NO3/c1-4-14(2)23(13-15-9-6-5-7-10-15)19(24)16-11-8-12-17(25-3)18(16)26-20(21)22/h5-12,14,20H,4,13H2,1-3H3. The van der Waals surface area contributed by atoms with Crippen LogP contribution < -0.4 is 9.47 Å². The van der Waals surface area contributed by atoms with Gasteiger partial charge in [0.15, 0.2) is 11.5 Å². The molecule has 6 heteroatoms. The maximum Gasteiger partial charge on any atom is 0.387 e. The van der Waals surface area contributed by atoms with Gasteiger partial charge in [-0.1, -0.05) is 43.3 Å². The second-order valence-electron chi connectivity index (χ2n) is 5.89. The van der Waals surface area contributed by atoms with E-state index in [1.165, 1.54) is 19.2 Å². The smallest absolute Gasteiger partial charge is 0.387 e. The lowest BCUT2D eigenvalue weighted by molar-refractivity contribution is -0.0517. The van der Waals surface area contributed by atoms with E-state index in [0.29, 0.717) is 6.54 Å². The second kappa shape index (κ2) is 9.17. The average molecular weight is 363 g/mol. The maximum absolute atomic E-state index is 13.2. The third-order valence-electron chi connectivity index (χ3n) is 4.22. The van der Waals surface area contributed by atoms with Crippen molar-refractivity contribution in [1.82, 2.24) is 4.90 Å². The third-order valence-corrected chi connectivity index (χ3v) is 4.22. The Labute approximate surface area is 152 Å². The molecule has 0 saturated heterocycles. The van der Waals surface area contributed by atoms with Gasteiger partial charge in [-0.15, -0.1) is 0 Å². The Morgan fingerprint density at radius 2 is 1.81 bits per heavy atom. The van der Waals surface area contributed by atoms with Gasteiger partial charge in [0, 0.05) is 12.6 Å². The molecule has 0 aliphatic rings. The van der Waals surface area contributed by atoms with Gasteiger partial charge >= 0.3 is 6.61 Å². The number of halogens is 2. The highest BCUT2D eigenvalue weighted by Crippen LogP contribution is 2.34. The molecule has 0 aliphatic heterocycles. The molecule has 2 aromatic carbocycles. The molecule has 0 heterocycles. The van der Waals surface area contributed by atoms with Crippen LogP contribution in [0.4, 0.5) is 8.78 Å². The van der Waals surface area contributed by atoms with Gasteiger partial charge in [-0.3, -0.25) is 4.79 Å². The lowest BCUT2D eigenvalue weighted by Gasteiger charge is -2.29. The number of hydrogen-bond donors (Lipinski definition) is 0. The topological polar surface area (TPSA) is 38.8 Å². The number of carbonyl (C=O) groups is 1. The zero-order valence-corrected chi connectivity index (χ0v) is 15.1. The summed E-state index contributed by atoms with van der Waals surface area (Å²) in [7, 11) is 1.35. The first kappa shape index (κ1) is 19.7. The molecule has 0 aromatic heterocycles. The van der Waals surface area contributed by atoms with E-state index in [2.05, 4.69) is 4.74 Å². The molecule has 1 atom stereocenters. The second-order valence-corrected chi connectivity index (χ2v) is 5.89. The molecule has 140 valence electrons. The number of para-hydroxylation sites is 1. The van der Waals surface area contributed by atoms with Crippen molar-refractivity contribution in [1.29, 1.82) is 0 Å². The first-order valence-electron chi connectivity index (χ1n) is 8.44. The highest BCUT2D eigenvalue weighted by Gasteiger charge is 2.26. The minimum atomic E-state index is -3.05. The average Bonchev–Trinajstić information content (AvgIpc) is 2.65. The predicted octanol–water partition coefficient (Wildman–Crippen LogP) is 4.74. The van der Waals surface area contributed by atoms with Gasteiger partial charge in [-0.25, -0.2) is 0 Å². The van der Waals surface area contributed by atoms with E-state index in [1.807, 2.05) is 44.2 Å². The number of alkyl halides is 2. The van der Waals surface area contributed by atoms with Crippen LogP contribution in [0.25, 0.3) is 0 Å². The number of hydrogen-bond acceptors (Lipinski definition) is 3. The molecule has 0 spiro atoms. The van der Waals surface area contributed by atoms with Crippen molar-refractivity contribution < 1.29 is 23.0 Å². The molecular weight excluding hydrogens is 340 g/mol. The van der Waals surface area contributed by atoms with Crippen molar-refractivity contribution in [3.63, 3.8) is 0 Å². The summed E-state index contributed by atoms with van der Waals surface area (Å²) < 4.78 is 35.4. The first-order valence-corrected chi connectivity index (χ1v) is 8.44. The summed E-state index contributed by atoms with van der Waals surface area (Å²) in [5, 5.41) is 0. The van der Waals surface area contributed by atoms with Crippen molar-refractivity contribution in [2.75, 3.05) is 7.11 Å². The molecule has 0 saturated carbocycles. The number of amides is 1. The van der Waals surface area contributed by atoms with Crippen LogP contribution in [0.15, 0.2) is 48.5 Å². The Bertz CT molecular complexity index is 722. The van der Waals surface area contributed by atoms with Crippen LogP contribution >= 0.6 is 0 Å². The van der Waals surface area contributed by atoms with E-state index in [-0.39, 0.29) is 29.0 Å². The van der Waals surface area contributed by atoms with Crippen LogP contribution in [0.1, 0.15) is 36.2 Å². The number of ether oxygens (including phenoxy) is 2. The van der Waals surface area contributed by atoms with Crippen molar-refractivity contribution in [3.05, 3.63) is 59.7 Å². The SMILES string of the molecule is CCC(C)N(Cc1ccccc1)C(=O)c1cccc(OC)c1OC(F)F. The van der Waals surface area contributed by atoms with Crippen molar-refractivity contribution >= 4 is 5.91 Å². The molecule has 1 unspecified atom stereocenters. The lowest BCUT2D eigenvalue weighted by Crippen LogP contribution is -2.38. The van der Waals surface area contributed by atoms with Crippen LogP contribution in [0.5, 0.6) is 11.5 Å². The summed E-state index contributed by atoms with van der Waals surface area (Å²) in [5.41, 5.74) is 1.02. The summed E-state index contributed by atoms with van der Waals surface area (Å²) in [4.78, 5) is 14.8. The van der Waals surface area contributed by atoms with Crippen LogP contribution in [0.2, 0.25) is 0 Å². The van der Waals surface area contributed by atoms with Crippen LogP contribution in [-0.2, 0) is 6.54 Å². The molecule has 0 radical (unpaired) electrons. The molecule has 0 fully saturated rings. The number of rotatable bonds is 8. The van der Waals surface area contributed by atoms with Gasteiger partial charge in [0.1, 0.15) is 0 Å². The van der Waals surface area contributed by atoms with E-state index in [1.54, 1.807) is 11.0 Å². The fraction of sp³-hybridized carbons (Fsp3) is 0.350. The quantitative estimate of drug-likeness (QED) is 0.680. The highest BCUT2D eigenvalue weighted by molar-refractivity contribution is 5.98. The van der Waals surface area contributed by atoms with E-state index < -0.39 is 6.61 Å². The Morgan fingerprint density at radius 3 is 2.38 bits per heavy atom. The summed E-state index contributed by atoms with van der Waals surface area (Å²) in [5.74, 6) is -0.519. The molecule has 4 nitrogen and oxygen atoms in total. The Hall–Kier alpha value is -2.63. The molecule has 2 aromatic rings. The van der Waals surface area contributed by atoms with Gasteiger partial charge in [0.2, 0.25) is 0 Å². The molecule has 0 bridgehead atoms. The maximum atomic E-state index is 13.2. The zero-order chi connectivity index (χ0) is 19.1. The van der Waals surface area contributed by atoms with E-state index in [9.17, 15) is 13.6 Å². The molecule has 0 N–H and O–H groups in total. The van der Waals surface area contributed by atoms with Crippen molar-refractivity contribution in [3.8, 4) is 11.5 Å². The molecular formula is C20H23F2NO3. The first-order chi connectivity index (χ1) is 12.5. The Morgan fingerprint density at radius 1 is 1.12 bits per heavy atom. The normalized spacial score (nSPS) is 11.9. The summed E-state index contributed by atoms with van der Waals surface area (Å²) in [6.07, 6.45) is 0.730. The lowest BCUT2D eigenvalue weighted by atomic mass is 10.1. The van der Waals surface area contributed by atoms with Gasteiger partial charge in [0.25, 0.3) is 5.91 Å². The largest absolute Gasteiger partial charge is 0.493 e. The molecule has 26 heavy (non-hydrogen) atoms. The summed E-state index contributed by atoms with van der Waals surface area (Å²) in [6.45, 7) is 1.22. The minimum absolute atomic E-state index is 0.0564. The summed E-state index contributed by atoms with van der Waals surface area (Å²) in [6, 6.07) is 14.0. The Balaban J connectivity index is 2.41. The number of methoxy groups -OCH3 is 1. The zero-order valence-electron chi connectivity index (χ0n) is 15.1. The minimum Gasteiger partial charge on any atom is -0.493 e. The van der Waals surface area contributed by atoms with Gasteiger partial charge in [-0.05, 0) is 31.0 Å². The Kier molecular flexibility index (Phi) is 6.95. The van der Waals surface area contributed by atoms with Crippen LogP contribution in [0.3, 0.4) is 0 Å². The van der Waals surface area contributed by atoms with Crippen molar-refractivity contribution in [2.24, 2.45) is 0 Å².